The zero-order chi connectivity index (χ0) is 57.9. The SMILES string of the molecule is CCCCCCCCCCCC/C=C\C(OC(=O)CCCCCCCCCCCCCCCCCCCCCCCCCCC)C(COP(=O)([O-])OCC[N+](C)(C)C)NC(=O)CCCCCCCCCCCCCCCCCC. The van der Waals surface area contributed by atoms with Gasteiger partial charge in [-0.3, -0.25) is 14.2 Å². The monoisotopic (exact) mass is 1140 g/mol. The Balaban J connectivity index is 5.00. The first-order valence-corrected chi connectivity index (χ1v) is 36.5. The Hall–Kier alpha value is -1.25. The number of hydrogen-bond acceptors (Lipinski definition) is 7. The van der Waals surface area contributed by atoms with Crippen molar-refractivity contribution in [3.63, 3.8) is 0 Å². The van der Waals surface area contributed by atoms with E-state index in [1.807, 2.05) is 33.3 Å². The lowest BCUT2D eigenvalue weighted by Crippen LogP contribution is -2.47. The molecule has 0 fully saturated rings. The zero-order valence-corrected chi connectivity index (χ0v) is 54.8. The summed E-state index contributed by atoms with van der Waals surface area (Å²) in [6.07, 6.45) is 70.5. The fraction of sp³-hybridized carbons (Fsp3) is 0.942. The topological polar surface area (TPSA) is 114 Å². The van der Waals surface area contributed by atoms with Crippen molar-refractivity contribution >= 4 is 19.7 Å². The van der Waals surface area contributed by atoms with Gasteiger partial charge in [0.05, 0.1) is 33.8 Å². The standard InChI is InChI=1S/C69H137N2O7P/c1-7-10-13-16-19-22-25-28-30-32-33-34-35-36-37-38-39-40-42-44-47-50-53-56-59-62-69(73)78-67(60-57-54-51-48-45-27-24-21-18-15-12-9-3)66(65-77-79(74,75)76-64-63-71(4,5)6)70-68(72)61-58-55-52-49-46-43-41-31-29-26-23-20-17-14-11-8-2/h57,60,66-67H,7-56,58-59,61-65H2,1-6H3,(H-,70,72,74,75)/b60-57-. The van der Waals surface area contributed by atoms with Crippen LogP contribution in [0.5, 0.6) is 0 Å². The number of unbranched alkanes of at least 4 members (excludes halogenated alkanes) is 49. The first kappa shape index (κ1) is 77.8. The van der Waals surface area contributed by atoms with E-state index in [-0.39, 0.29) is 31.5 Å². The van der Waals surface area contributed by atoms with Crippen LogP contribution in [0.2, 0.25) is 0 Å². The molecule has 0 heterocycles. The molecule has 0 saturated heterocycles. The molecule has 0 aliphatic carbocycles. The van der Waals surface area contributed by atoms with E-state index in [1.165, 1.54) is 276 Å². The number of likely N-dealkylation sites (N-methyl/N-ethyl adjacent to an activating group) is 1. The number of nitrogens with zero attached hydrogens (tertiary/aromatic N) is 1. The number of amides is 1. The highest BCUT2D eigenvalue weighted by Gasteiger charge is 2.27. The van der Waals surface area contributed by atoms with E-state index in [9.17, 15) is 19.0 Å². The summed E-state index contributed by atoms with van der Waals surface area (Å²) in [6, 6.07) is -0.880. The molecule has 3 atom stereocenters. The second-order valence-corrected chi connectivity index (χ2v) is 26.8. The Morgan fingerprint density at radius 3 is 1.04 bits per heavy atom. The summed E-state index contributed by atoms with van der Waals surface area (Å²) >= 11 is 0. The van der Waals surface area contributed by atoms with Gasteiger partial charge >= 0.3 is 5.97 Å². The van der Waals surface area contributed by atoms with Crippen molar-refractivity contribution in [1.29, 1.82) is 0 Å². The van der Waals surface area contributed by atoms with Gasteiger partial charge in [-0.05, 0) is 31.8 Å². The molecule has 0 aromatic carbocycles. The maximum Gasteiger partial charge on any atom is 0.306 e. The van der Waals surface area contributed by atoms with Crippen LogP contribution in [0.4, 0.5) is 0 Å². The second kappa shape index (κ2) is 59.9. The van der Waals surface area contributed by atoms with Crippen molar-refractivity contribution in [2.75, 3.05) is 40.9 Å². The molecule has 0 aliphatic heterocycles. The van der Waals surface area contributed by atoms with Crippen molar-refractivity contribution in [3.05, 3.63) is 12.2 Å². The summed E-state index contributed by atoms with van der Waals surface area (Å²) in [7, 11) is 1.21. The number of phosphoric ester groups is 1. The van der Waals surface area contributed by atoms with Gasteiger partial charge < -0.3 is 28.5 Å². The molecule has 0 aromatic heterocycles. The van der Waals surface area contributed by atoms with Crippen LogP contribution in [0.1, 0.15) is 367 Å². The molecule has 0 saturated carbocycles. The van der Waals surface area contributed by atoms with Gasteiger partial charge in [0.2, 0.25) is 5.91 Å². The van der Waals surface area contributed by atoms with Crippen LogP contribution >= 0.6 is 7.82 Å². The number of rotatable bonds is 65. The molecule has 0 bridgehead atoms. The Morgan fingerprint density at radius 2 is 0.722 bits per heavy atom. The minimum absolute atomic E-state index is 0.0165. The van der Waals surface area contributed by atoms with Gasteiger partial charge in [0.25, 0.3) is 7.82 Å². The summed E-state index contributed by atoms with van der Waals surface area (Å²) in [5, 5.41) is 3.05. The van der Waals surface area contributed by atoms with Crippen LogP contribution in [-0.4, -0.2) is 69.4 Å². The number of nitrogens with one attached hydrogen (secondary N) is 1. The number of phosphoric acid groups is 1. The van der Waals surface area contributed by atoms with E-state index >= 15 is 0 Å². The minimum atomic E-state index is -4.69. The molecule has 0 aromatic rings. The van der Waals surface area contributed by atoms with E-state index < -0.39 is 20.0 Å². The fourth-order valence-corrected chi connectivity index (χ4v) is 11.5. The third-order valence-electron chi connectivity index (χ3n) is 16.2. The smallest absolute Gasteiger partial charge is 0.306 e. The molecular formula is C69H137N2O7P. The molecular weight excluding hydrogens is 1000 g/mol. The first-order valence-electron chi connectivity index (χ1n) is 35.0. The molecule has 3 unspecified atom stereocenters. The molecule has 79 heavy (non-hydrogen) atoms. The predicted octanol–water partition coefficient (Wildman–Crippen LogP) is 21.3. The molecule has 0 aliphatic rings. The van der Waals surface area contributed by atoms with Gasteiger partial charge in [-0.2, -0.15) is 0 Å². The van der Waals surface area contributed by atoms with E-state index in [0.29, 0.717) is 17.4 Å². The summed E-state index contributed by atoms with van der Waals surface area (Å²) in [4.78, 5) is 40.1. The minimum Gasteiger partial charge on any atom is -0.756 e. The van der Waals surface area contributed by atoms with E-state index in [1.54, 1.807) is 0 Å². The fourth-order valence-electron chi connectivity index (χ4n) is 10.8. The van der Waals surface area contributed by atoms with Crippen molar-refractivity contribution in [3.8, 4) is 0 Å². The van der Waals surface area contributed by atoms with Gasteiger partial charge in [-0.1, -0.05) is 335 Å². The number of carbonyl (C=O) groups excluding carboxylic acids is 2. The second-order valence-electron chi connectivity index (χ2n) is 25.4. The number of quaternary nitrogens is 1. The lowest BCUT2D eigenvalue weighted by molar-refractivity contribution is -0.870. The average molecular weight is 1140 g/mol. The normalized spacial score (nSPS) is 13.6. The largest absolute Gasteiger partial charge is 0.756 e. The van der Waals surface area contributed by atoms with Crippen LogP contribution < -0.4 is 10.2 Å². The number of hydrogen-bond donors (Lipinski definition) is 1. The van der Waals surface area contributed by atoms with Crippen LogP contribution in [0.25, 0.3) is 0 Å². The first-order chi connectivity index (χ1) is 38.4. The third kappa shape index (κ3) is 61.1. The molecule has 1 amide bonds. The number of carbonyl (C=O) groups is 2. The summed E-state index contributed by atoms with van der Waals surface area (Å²) in [5.74, 6) is -0.515. The zero-order valence-electron chi connectivity index (χ0n) is 53.9. The summed E-state index contributed by atoms with van der Waals surface area (Å²) < 4.78 is 30.4. The van der Waals surface area contributed by atoms with Crippen molar-refractivity contribution < 1.29 is 37.3 Å². The molecule has 470 valence electrons. The Morgan fingerprint density at radius 1 is 0.430 bits per heavy atom. The van der Waals surface area contributed by atoms with Gasteiger partial charge in [-0.15, -0.1) is 0 Å². The van der Waals surface area contributed by atoms with Gasteiger partial charge in [-0.25, -0.2) is 0 Å². The molecule has 10 heteroatoms. The third-order valence-corrected chi connectivity index (χ3v) is 17.2. The lowest BCUT2D eigenvalue weighted by Gasteiger charge is -2.30. The Kier molecular flexibility index (Phi) is 58.9. The van der Waals surface area contributed by atoms with Crippen LogP contribution in [0.15, 0.2) is 12.2 Å². The highest BCUT2D eigenvalue weighted by atomic mass is 31.2. The summed E-state index contributed by atoms with van der Waals surface area (Å²) in [6.45, 7) is 6.92. The quantitative estimate of drug-likeness (QED) is 0.0212. The molecule has 9 nitrogen and oxygen atoms in total. The van der Waals surface area contributed by atoms with Crippen molar-refractivity contribution in [2.24, 2.45) is 0 Å². The highest BCUT2D eigenvalue weighted by molar-refractivity contribution is 7.45. The van der Waals surface area contributed by atoms with Crippen molar-refractivity contribution in [1.82, 2.24) is 5.32 Å². The molecule has 0 spiro atoms. The van der Waals surface area contributed by atoms with E-state index in [2.05, 4.69) is 26.1 Å². The van der Waals surface area contributed by atoms with E-state index in [4.69, 9.17) is 13.8 Å². The van der Waals surface area contributed by atoms with Crippen LogP contribution in [0.3, 0.4) is 0 Å². The predicted molar refractivity (Wildman–Crippen MR) is 340 cm³/mol. The maximum atomic E-state index is 13.6. The highest BCUT2D eigenvalue weighted by Crippen LogP contribution is 2.38. The Labute approximate surface area is 492 Å². The maximum absolute atomic E-state index is 13.6. The van der Waals surface area contributed by atoms with Gasteiger partial charge in [0, 0.05) is 12.8 Å². The molecule has 0 radical (unpaired) electrons. The lowest BCUT2D eigenvalue weighted by atomic mass is 10.0. The Bertz CT molecular complexity index is 1360. The number of allylic oxidation sites excluding steroid dienone is 1. The molecule has 1 N–H and O–H groups in total. The van der Waals surface area contributed by atoms with Gasteiger partial charge in [0.15, 0.2) is 0 Å². The van der Waals surface area contributed by atoms with Crippen LogP contribution in [-0.2, 0) is 27.9 Å². The average Bonchev–Trinajstić information content (AvgIpc) is 3.41. The van der Waals surface area contributed by atoms with Crippen LogP contribution in [0, 0.1) is 0 Å². The van der Waals surface area contributed by atoms with E-state index in [0.717, 1.165) is 57.8 Å². The number of ether oxygens (including phenoxy) is 1. The van der Waals surface area contributed by atoms with Gasteiger partial charge in [0.1, 0.15) is 19.3 Å². The number of esters is 1. The van der Waals surface area contributed by atoms with Crippen molar-refractivity contribution in [2.45, 2.75) is 380 Å². The molecule has 0 rings (SSSR count). The summed E-state index contributed by atoms with van der Waals surface area (Å²) in [5.41, 5.74) is 0.